The molecule has 1 unspecified atom stereocenters. The number of carbonyl (C=O) groups excluding carboxylic acids is 1. The molecule has 1 rings (SSSR count). The summed E-state index contributed by atoms with van der Waals surface area (Å²) in [6.07, 6.45) is 1.78. The van der Waals surface area contributed by atoms with Crippen LogP contribution >= 0.6 is 0 Å². The van der Waals surface area contributed by atoms with E-state index in [0.29, 0.717) is 12.1 Å². The van der Waals surface area contributed by atoms with Crippen LogP contribution in [0.1, 0.15) is 25.8 Å². The lowest BCUT2D eigenvalue weighted by Gasteiger charge is -2.25. The number of nitrogens with one attached hydrogen (secondary N) is 1. The topological polar surface area (TPSA) is 66.5 Å². The first-order valence-corrected chi connectivity index (χ1v) is 8.42. The van der Waals surface area contributed by atoms with Gasteiger partial charge in [-0.05, 0) is 32.4 Å². The fraction of sp³-hybridized carbons (Fsp3) is 0.500. The van der Waals surface area contributed by atoms with E-state index in [1.54, 1.807) is 19.1 Å². The zero-order chi connectivity index (χ0) is 15.3. The van der Waals surface area contributed by atoms with Gasteiger partial charge in [0.25, 0.3) is 0 Å². The lowest BCUT2D eigenvalue weighted by atomic mass is 10.2. The molecule has 112 valence electrons. The largest absolute Gasteiger partial charge is 0.325 e. The van der Waals surface area contributed by atoms with Gasteiger partial charge in [0.15, 0.2) is 0 Å². The highest BCUT2D eigenvalue weighted by atomic mass is 32.2. The molecule has 0 saturated heterocycles. The number of hydrogen-bond acceptors (Lipinski definition) is 3. The average Bonchev–Trinajstić information content (AvgIpc) is 2.36. The quantitative estimate of drug-likeness (QED) is 0.873. The first-order chi connectivity index (χ1) is 9.24. The van der Waals surface area contributed by atoms with Crippen LogP contribution in [-0.4, -0.2) is 37.5 Å². The Labute approximate surface area is 121 Å². The summed E-state index contributed by atoms with van der Waals surface area (Å²) in [6, 6.07) is 7.16. The van der Waals surface area contributed by atoms with Gasteiger partial charge in [0, 0.05) is 11.7 Å². The predicted molar refractivity (Wildman–Crippen MR) is 81.1 cm³/mol. The Morgan fingerprint density at radius 1 is 1.30 bits per heavy atom. The number of anilines is 1. The maximum atomic E-state index is 12.0. The van der Waals surface area contributed by atoms with Crippen molar-refractivity contribution in [3.63, 3.8) is 0 Å². The van der Waals surface area contributed by atoms with Crippen molar-refractivity contribution < 1.29 is 13.2 Å². The number of carbonyl (C=O) groups is 1. The van der Waals surface area contributed by atoms with Crippen LogP contribution in [0.4, 0.5) is 5.69 Å². The summed E-state index contributed by atoms with van der Waals surface area (Å²) >= 11 is 0. The summed E-state index contributed by atoms with van der Waals surface area (Å²) in [4.78, 5) is 12.0. The predicted octanol–water partition coefficient (Wildman–Crippen LogP) is 1.99. The first-order valence-electron chi connectivity index (χ1n) is 6.57. The van der Waals surface area contributed by atoms with Gasteiger partial charge >= 0.3 is 0 Å². The number of hydrogen-bond donors (Lipinski definition) is 1. The second-order valence-electron chi connectivity index (χ2n) is 4.98. The van der Waals surface area contributed by atoms with E-state index in [1.807, 2.05) is 26.0 Å². The van der Waals surface area contributed by atoms with Crippen molar-refractivity contribution >= 4 is 21.6 Å². The fourth-order valence-electron chi connectivity index (χ4n) is 1.78. The molecule has 20 heavy (non-hydrogen) atoms. The van der Waals surface area contributed by atoms with Gasteiger partial charge in [0.05, 0.1) is 12.8 Å². The zero-order valence-electron chi connectivity index (χ0n) is 12.4. The molecule has 0 saturated carbocycles. The molecule has 0 heterocycles. The van der Waals surface area contributed by atoms with Crippen molar-refractivity contribution in [2.45, 2.75) is 33.2 Å². The van der Waals surface area contributed by atoms with Crippen LogP contribution < -0.4 is 5.32 Å². The SMILES string of the molecule is CCC(C)N(CC(=O)Nc1ccc(C)cc1)S(C)(=O)=O. The molecule has 0 bridgehead atoms. The van der Waals surface area contributed by atoms with Crippen LogP contribution in [0.5, 0.6) is 0 Å². The third-order valence-electron chi connectivity index (χ3n) is 3.14. The van der Waals surface area contributed by atoms with Crippen molar-refractivity contribution in [3.05, 3.63) is 29.8 Å². The summed E-state index contributed by atoms with van der Waals surface area (Å²) in [6.45, 7) is 5.47. The minimum Gasteiger partial charge on any atom is -0.325 e. The summed E-state index contributed by atoms with van der Waals surface area (Å²) in [7, 11) is -3.40. The van der Waals surface area contributed by atoms with E-state index in [4.69, 9.17) is 0 Å². The molecule has 0 spiro atoms. The van der Waals surface area contributed by atoms with E-state index < -0.39 is 10.0 Å². The van der Waals surface area contributed by atoms with Gasteiger partial charge in [0.2, 0.25) is 15.9 Å². The molecule has 5 nitrogen and oxygen atoms in total. The van der Waals surface area contributed by atoms with Gasteiger partial charge in [-0.1, -0.05) is 24.6 Å². The Kier molecular flexibility index (Phi) is 5.71. The lowest BCUT2D eigenvalue weighted by molar-refractivity contribution is -0.116. The number of nitrogens with zero attached hydrogens (tertiary/aromatic N) is 1. The van der Waals surface area contributed by atoms with E-state index >= 15 is 0 Å². The average molecular weight is 298 g/mol. The maximum absolute atomic E-state index is 12.0. The number of aryl methyl sites for hydroxylation is 1. The van der Waals surface area contributed by atoms with Gasteiger partial charge in [-0.2, -0.15) is 4.31 Å². The Morgan fingerprint density at radius 2 is 1.85 bits per heavy atom. The number of rotatable bonds is 6. The van der Waals surface area contributed by atoms with Crippen molar-refractivity contribution in [3.8, 4) is 0 Å². The Morgan fingerprint density at radius 3 is 2.30 bits per heavy atom. The second kappa shape index (κ2) is 6.85. The van der Waals surface area contributed by atoms with E-state index in [9.17, 15) is 13.2 Å². The summed E-state index contributed by atoms with van der Waals surface area (Å²) in [5, 5.41) is 2.71. The van der Waals surface area contributed by atoms with E-state index in [0.717, 1.165) is 11.8 Å². The highest BCUT2D eigenvalue weighted by molar-refractivity contribution is 7.88. The third-order valence-corrected chi connectivity index (χ3v) is 4.48. The Balaban J connectivity index is 2.74. The van der Waals surface area contributed by atoms with Crippen molar-refractivity contribution in [1.82, 2.24) is 4.31 Å². The highest BCUT2D eigenvalue weighted by Gasteiger charge is 2.24. The molecule has 1 amide bonds. The molecule has 1 aromatic carbocycles. The molecule has 0 aliphatic carbocycles. The number of amides is 1. The maximum Gasteiger partial charge on any atom is 0.239 e. The van der Waals surface area contributed by atoms with Crippen LogP contribution in [0.2, 0.25) is 0 Å². The Hall–Kier alpha value is -1.40. The summed E-state index contributed by atoms with van der Waals surface area (Å²) in [5.41, 5.74) is 1.76. The summed E-state index contributed by atoms with van der Waals surface area (Å²) in [5.74, 6) is -0.334. The molecule has 0 radical (unpaired) electrons. The normalized spacial score (nSPS) is 13.2. The molecular formula is C14H22N2O3S. The van der Waals surface area contributed by atoms with Gasteiger partial charge in [-0.25, -0.2) is 8.42 Å². The van der Waals surface area contributed by atoms with Crippen LogP contribution in [0.15, 0.2) is 24.3 Å². The standard InChI is InChI=1S/C14H22N2O3S/c1-5-12(3)16(20(4,18)19)10-14(17)15-13-8-6-11(2)7-9-13/h6-9,12H,5,10H2,1-4H3,(H,15,17). The molecule has 1 N–H and O–H groups in total. The Bertz CT molecular complexity index is 552. The van der Waals surface area contributed by atoms with Crippen molar-refractivity contribution in [2.75, 3.05) is 18.1 Å². The molecule has 6 heteroatoms. The van der Waals surface area contributed by atoms with Crippen molar-refractivity contribution in [2.24, 2.45) is 0 Å². The molecule has 0 aliphatic rings. The monoisotopic (exact) mass is 298 g/mol. The third kappa shape index (κ3) is 4.94. The van der Waals surface area contributed by atoms with Gasteiger partial charge in [-0.15, -0.1) is 0 Å². The van der Waals surface area contributed by atoms with Crippen LogP contribution in [-0.2, 0) is 14.8 Å². The summed E-state index contributed by atoms with van der Waals surface area (Å²) < 4.78 is 24.6. The molecule has 0 fully saturated rings. The van der Waals surface area contributed by atoms with Crippen molar-refractivity contribution in [1.29, 1.82) is 0 Å². The molecular weight excluding hydrogens is 276 g/mol. The molecule has 0 aliphatic heterocycles. The van der Waals surface area contributed by atoms with Gasteiger partial charge in [-0.3, -0.25) is 4.79 Å². The van der Waals surface area contributed by atoms with Crippen LogP contribution in [0, 0.1) is 6.92 Å². The zero-order valence-corrected chi connectivity index (χ0v) is 13.2. The molecule has 1 atom stereocenters. The highest BCUT2D eigenvalue weighted by Crippen LogP contribution is 2.11. The fourth-order valence-corrected chi connectivity index (χ4v) is 2.94. The first kappa shape index (κ1) is 16.7. The molecule has 0 aromatic heterocycles. The minimum absolute atomic E-state index is 0.165. The minimum atomic E-state index is -3.40. The number of benzene rings is 1. The lowest BCUT2D eigenvalue weighted by Crippen LogP contribution is -2.42. The van der Waals surface area contributed by atoms with E-state index in [2.05, 4.69) is 5.32 Å². The van der Waals surface area contributed by atoms with Gasteiger partial charge in [0.1, 0.15) is 0 Å². The van der Waals surface area contributed by atoms with E-state index in [-0.39, 0.29) is 18.5 Å². The van der Waals surface area contributed by atoms with Crippen LogP contribution in [0.25, 0.3) is 0 Å². The molecule has 1 aromatic rings. The smallest absolute Gasteiger partial charge is 0.239 e. The van der Waals surface area contributed by atoms with Gasteiger partial charge < -0.3 is 5.32 Å². The van der Waals surface area contributed by atoms with E-state index in [1.165, 1.54) is 4.31 Å². The second-order valence-corrected chi connectivity index (χ2v) is 6.91. The number of sulfonamides is 1. The van der Waals surface area contributed by atoms with Crippen LogP contribution in [0.3, 0.4) is 0 Å².